The number of imidazole rings is 1. The second kappa shape index (κ2) is 6.02. The standard InChI is InChI=1S/C12H22N4O2S/c1-10(9-16-5-3-4-6-16)7-14-19(17,18)12-8-13-11(2)15-12/h8,10,14H,3-7,9H2,1-2H3,(H,13,15). The van der Waals surface area contributed by atoms with Gasteiger partial charge >= 0.3 is 0 Å². The van der Waals surface area contributed by atoms with Crippen LogP contribution in [-0.4, -0.2) is 49.5 Å². The van der Waals surface area contributed by atoms with E-state index < -0.39 is 10.0 Å². The van der Waals surface area contributed by atoms with Crippen LogP contribution in [0.25, 0.3) is 0 Å². The maximum atomic E-state index is 12.0. The Labute approximate surface area is 114 Å². The fraction of sp³-hybridized carbons (Fsp3) is 0.750. The Morgan fingerprint density at radius 3 is 2.74 bits per heavy atom. The highest BCUT2D eigenvalue weighted by Gasteiger charge is 2.19. The van der Waals surface area contributed by atoms with Crippen LogP contribution in [0.1, 0.15) is 25.6 Å². The normalized spacial score (nSPS) is 18.8. The summed E-state index contributed by atoms with van der Waals surface area (Å²) in [7, 11) is -3.45. The maximum Gasteiger partial charge on any atom is 0.257 e. The first-order valence-corrected chi connectivity index (χ1v) is 8.19. The van der Waals surface area contributed by atoms with Crippen molar-refractivity contribution in [3.63, 3.8) is 0 Å². The van der Waals surface area contributed by atoms with Gasteiger partial charge in [0.05, 0.1) is 6.20 Å². The first-order valence-electron chi connectivity index (χ1n) is 6.71. The van der Waals surface area contributed by atoms with Gasteiger partial charge in [0.15, 0.2) is 5.03 Å². The van der Waals surface area contributed by atoms with Crippen LogP contribution >= 0.6 is 0 Å². The molecular weight excluding hydrogens is 264 g/mol. The fourth-order valence-electron chi connectivity index (χ4n) is 2.34. The molecule has 19 heavy (non-hydrogen) atoms. The van der Waals surface area contributed by atoms with E-state index in [2.05, 4.69) is 26.5 Å². The van der Waals surface area contributed by atoms with Crippen molar-refractivity contribution < 1.29 is 8.42 Å². The summed E-state index contributed by atoms with van der Waals surface area (Å²) in [5.41, 5.74) is 0. The third-order valence-electron chi connectivity index (χ3n) is 3.36. The first-order chi connectivity index (χ1) is 8.97. The van der Waals surface area contributed by atoms with Gasteiger partial charge in [0.25, 0.3) is 10.0 Å². The summed E-state index contributed by atoms with van der Waals surface area (Å²) in [5, 5.41) is 0.137. The van der Waals surface area contributed by atoms with Crippen molar-refractivity contribution in [1.29, 1.82) is 0 Å². The zero-order valence-corrected chi connectivity index (χ0v) is 12.3. The minimum atomic E-state index is -3.45. The molecule has 0 aliphatic carbocycles. The summed E-state index contributed by atoms with van der Waals surface area (Å²) in [6.07, 6.45) is 3.86. The number of rotatable bonds is 6. The number of likely N-dealkylation sites (tertiary alicyclic amines) is 1. The van der Waals surface area contributed by atoms with Crippen molar-refractivity contribution in [3.8, 4) is 0 Å². The van der Waals surface area contributed by atoms with Crippen LogP contribution in [0.15, 0.2) is 11.2 Å². The molecular formula is C12H22N4O2S. The molecule has 1 fully saturated rings. The number of aromatic nitrogens is 2. The molecule has 6 nitrogen and oxygen atoms in total. The van der Waals surface area contributed by atoms with Crippen molar-refractivity contribution in [2.24, 2.45) is 5.92 Å². The number of nitrogens with zero attached hydrogens (tertiary/aromatic N) is 2. The van der Waals surface area contributed by atoms with E-state index in [1.54, 1.807) is 6.92 Å². The zero-order valence-electron chi connectivity index (χ0n) is 11.5. The molecule has 2 heterocycles. The Kier molecular flexibility index (Phi) is 4.59. The number of nitrogens with one attached hydrogen (secondary N) is 2. The summed E-state index contributed by atoms with van der Waals surface area (Å²) < 4.78 is 26.6. The molecule has 2 rings (SSSR count). The van der Waals surface area contributed by atoms with Gasteiger partial charge in [0.1, 0.15) is 5.82 Å². The van der Waals surface area contributed by atoms with Gasteiger partial charge in [-0.15, -0.1) is 0 Å². The molecule has 1 aliphatic heterocycles. The Hall–Kier alpha value is -0.920. The van der Waals surface area contributed by atoms with Crippen molar-refractivity contribution in [2.45, 2.75) is 31.7 Å². The lowest BCUT2D eigenvalue weighted by molar-refractivity contribution is 0.288. The van der Waals surface area contributed by atoms with E-state index in [-0.39, 0.29) is 5.03 Å². The number of aromatic amines is 1. The zero-order chi connectivity index (χ0) is 13.9. The monoisotopic (exact) mass is 286 g/mol. The third kappa shape index (κ3) is 4.02. The predicted octanol–water partition coefficient (Wildman–Crippen LogP) is 0.728. The topological polar surface area (TPSA) is 78.1 Å². The molecule has 0 spiro atoms. The number of sulfonamides is 1. The van der Waals surface area contributed by atoms with Gasteiger partial charge in [-0.2, -0.15) is 0 Å². The average Bonchev–Trinajstić information content (AvgIpc) is 2.98. The first kappa shape index (κ1) is 14.5. The highest BCUT2D eigenvalue weighted by molar-refractivity contribution is 7.89. The van der Waals surface area contributed by atoms with Crippen LogP contribution in [0, 0.1) is 12.8 Å². The minimum absolute atomic E-state index is 0.137. The summed E-state index contributed by atoms with van der Waals surface area (Å²) in [6, 6.07) is 0. The van der Waals surface area contributed by atoms with E-state index in [1.807, 2.05) is 0 Å². The number of aryl methyl sites for hydroxylation is 1. The molecule has 1 aromatic heterocycles. The molecule has 1 atom stereocenters. The van der Waals surface area contributed by atoms with Crippen LogP contribution in [0.4, 0.5) is 0 Å². The van der Waals surface area contributed by atoms with Crippen molar-refractivity contribution in [3.05, 3.63) is 12.0 Å². The van der Waals surface area contributed by atoms with Gasteiger partial charge in [-0.25, -0.2) is 18.1 Å². The van der Waals surface area contributed by atoms with Crippen LogP contribution in [0.3, 0.4) is 0 Å². The molecule has 0 amide bonds. The Bertz CT molecular complexity index is 506. The van der Waals surface area contributed by atoms with Crippen LogP contribution in [-0.2, 0) is 10.0 Å². The predicted molar refractivity (Wildman–Crippen MR) is 73.4 cm³/mol. The highest BCUT2D eigenvalue weighted by atomic mass is 32.2. The molecule has 0 radical (unpaired) electrons. The molecule has 1 saturated heterocycles. The second-order valence-electron chi connectivity index (χ2n) is 5.30. The largest absolute Gasteiger partial charge is 0.332 e. The lowest BCUT2D eigenvalue weighted by Crippen LogP contribution is -2.34. The molecule has 0 aromatic carbocycles. The molecule has 7 heteroatoms. The number of H-pyrrole nitrogens is 1. The quantitative estimate of drug-likeness (QED) is 0.808. The van der Waals surface area contributed by atoms with E-state index in [9.17, 15) is 8.42 Å². The summed E-state index contributed by atoms with van der Waals surface area (Å²) in [5.74, 6) is 0.905. The molecule has 2 N–H and O–H groups in total. The number of hydrogen-bond acceptors (Lipinski definition) is 4. The SMILES string of the molecule is Cc1ncc(S(=O)(=O)NCC(C)CN2CCCC2)[nH]1. The summed E-state index contributed by atoms with van der Waals surface area (Å²) >= 11 is 0. The van der Waals surface area contributed by atoms with Gasteiger partial charge in [0, 0.05) is 13.1 Å². The molecule has 1 unspecified atom stereocenters. The van der Waals surface area contributed by atoms with Gasteiger partial charge in [0.2, 0.25) is 0 Å². The molecule has 0 saturated carbocycles. The highest BCUT2D eigenvalue weighted by Crippen LogP contribution is 2.11. The van der Waals surface area contributed by atoms with Gasteiger partial charge in [-0.3, -0.25) is 0 Å². The third-order valence-corrected chi connectivity index (χ3v) is 4.69. The van der Waals surface area contributed by atoms with Crippen LogP contribution in [0.5, 0.6) is 0 Å². The van der Waals surface area contributed by atoms with E-state index in [1.165, 1.54) is 19.0 Å². The van der Waals surface area contributed by atoms with Crippen molar-refractivity contribution in [2.75, 3.05) is 26.2 Å². The smallest absolute Gasteiger partial charge is 0.257 e. The maximum absolute atomic E-state index is 12.0. The van der Waals surface area contributed by atoms with Gasteiger partial charge in [-0.05, 0) is 38.8 Å². The minimum Gasteiger partial charge on any atom is -0.332 e. The Morgan fingerprint density at radius 1 is 1.47 bits per heavy atom. The number of hydrogen-bond donors (Lipinski definition) is 2. The van der Waals surface area contributed by atoms with E-state index in [0.29, 0.717) is 18.3 Å². The van der Waals surface area contributed by atoms with Crippen molar-refractivity contribution in [1.82, 2.24) is 19.6 Å². The Morgan fingerprint density at radius 2 is 2.16 bits per heavy atom. The fourth-order valence-corrected chi connectivity index (χ4v) is 3.47. The Balaban J connectivity index is 1.83. The van der Waals surface area contributed by atoms with E-state index in [4.69, 9.17) is 0 Å². The van der Waals surface area contributed by atoms with Crippen molar-refractivity contribution >= 4 is 10.0 Å². The van der Waals surface area contributed by atoms with Crippen LogP contribution < -0.4 is 4.72 Å². The van der Waals surface area contributed by atoms with Gasteiger partial charge in [-0.1, -0.05) is 6.92 Å². The van der Waals surface area contributed by atoms with E-state index in [0.717, 1.165) is 19.6 Å². The lowest BCUT2D eigenvalue weighted by atomic mass is 10.2. The van der Waals surface area contributed by atoms with Gasteiger partial charge < -0.3 is 9.88 Å². The molecule has 0 bridgehead atoms. The van der Waals surface area contributed by atoms with E-state index >= 15 is 0 Å². The lowest BCUT2D eigenvalue weighted by Gasteiger charge is -2.20. The summed E-state index contributed by atoms with van der Waals surface area (Å²) in [6.45, 7) is 7.48. The summed E-state index contributed by atoms with van der Waals surface area (Å²) in [4.78, 5) is 9.04. The second-order valence-corrected chi connectivity index (χ2v) is 7.03. The molecule has 1 aliphatic rings. The average molecular weight is 286 g/mol. The molecule has 108 valence electrons. The van der Waals surface area contributed by atoms with Crippen LogP contribution in [0.2, 0.25) is 0 Å². The molecule has 1 aromatic rings.